The minimum atomic E-state index is -1.20. The van der Waals surface area contributed by atoms with Gasteiger partial charge in [-0.1, -0.05) is 18.2 Å². The zero-order chi connectivity index (χ0) is 19.8. The summed E-state index contributed by atoms with van der Waals surface area (Å²) in [6.07, 6.45) is 1.46. The van der Waals surface area contributed by atoms with Gasteiger partial charge in [0.05, 0.1) is 12.3 Å². The van der Waals surface area contributed by atoms with Crippen molar-refractivity contribution in [2.24, 2.45) is 0 Å². The lowest BCUT2D eigenvalue weighted by atomic mass is 10.2. The second-order valence-corrected chi connectivity index (χ2v) is 5.50. The Hall–Kier alpha value is -3.22. The SMILES string of the molecule is CCOc1ccccc1/C=C/C(=O)O[C@@H](C)C(=O)Nc1cc(F)ccc1F. The van der Waals surface area contributed by atoms with E-state index in [2.05, 4.69) is 5.32 Å². The number of nitrogens with one attached hydrogen (secondary N) is 1. The van der Waals surface area contributed by atoms with Gasteiger partial charge < -0.3 is 14.8 Å². The number of ether oxygens (including phenoxy) is 2. The molecule has 1 amide bonds. The summed E-state index contributed by atoms with van der Waals surface area (Å²) in [4.78, 5) is 23.9. The van der Waals surface area contributed by atoms with E-state index in [1.807, 2.05) is 6.92 Å². The van der Waals surface area contributed by atoms with Crippen molar-refractivity contribution in [2.75, 3.05) is 11.9 Å². The molecule has 0 saturated heterocycles. The summed E-state index contributed by atoms with van der Waals surface area (Å²) >= 11 is 0. The van der Waals surface area contributed by atoms with Gasteiger partial charge in [-0.25, -0.2) is 13.6 Å². The number of hydrogen-bond acceptors (Lipinski definition) is 4. The first-order chi connectivity index (χ1) is 12.9. The maximum Gasteiger partial charge on any atom is 0.331 e. The second kappa shape index (κ2) is 9.47. The van der Waals surface area contributed by atoms with E-state index in [0.29, 0.717) is 17.9 Å². The molecule has 5 nitrogen and oxygen atoms in total. The van der Waals surface area contributed by atoms with Crippen molar-refractivity contribution < 1.29 is 27.8 Å². The van der Waals surface area contributed by atoms with Gasteiger partial charge in [-0.05, 0) is 38.1 Å². The molecule has 0 saturated carbocycles. The smallest absolute Gasteiger partial charge is 0.331 e. The van der Waals surface area contributed by atoms with Crippen LogP contribution in [-0.4, -0.2) is 24.6 Å². The Morgan fingerprint density at radius 3 is 2.67 bits per heavy atom. The maximum atomic E-state index is 13.6. The van der Waals surface area contributed by atoms with Crippen LogP contribution >= 0.6 is 0 Å². The summed E-state index contributed by atoms with van der Waals surface area (Å²) in [5.41, 5.74) is 0.347. The van der Waals surface area contributed by atoms with Crippen LogP contribution in [-0.2, 0) is 14.3 Å². The molecule has 2 aromatic rings. The largest absolute Gasteiger partial charge is 0.493 e. The number of rotatable bonds is 7. The Morgan fingerprint density at radius 1 is 1.19 bits per heavy atom. The molecule has 142 valence electrons. The fourth-order valence-electron chi connectivity index (χ4n) is 2.16. The average Bonchev–Trinajstić information content (AvgIpc) is 2.64. The molecule has 0 bridgehead atoms. The molecule has 0 aromatic heterocycles. The molecular formula is C20H19F2NO4. The van der Waals surface area contributed by atoms with Crippen molar-refractivity contribution in [3.8, 4) is 5.75 Å². The first kappa shape index (κ1) is 20.1. The van der Waals surface area contributed by atoms with Gasteiger partial charge in [-0.15, -0.1) is 0 Å². The number of hydrogen-bond donors (Lipinski definition) is 1. The average molecular weight is 375 g/mol. The van der Waals surface area contributed by atoms with E-state index < -0.39 is 29.6 Å². The van der Waals surface area contributed by atoms with Crippen molar-refractivity contribution in [1.82, 2.24) is 0 Å². The molecule has 0 fully saturated rings. The first-order valence-corrected chi connectivity index (χ1v) is 8.27. The molecule has 0 unspecified atom stereocenters. The van der Waals surface area contributed by atoms with E-state index >= 15 is 0 Å². The normalized spacial score (nSPS) is 11.9. The van der Waals surface area contributed by atoms with Crippen LogP contribution in [0.15, 0.2) is 48.5 Å². The molecule has 1 N–H and O–H groups in total. The molecule has 0 radical (unpaired) electrons. The molecule has 0 aliphatic rings. The van der Waals surface area contributed by atoms with E-state index in [-0.39, 0.29) is 5.69 Å². The zero-order valence-electron chi connectivity index (χ0n) is 14.9. The van der Waals surface area contributed by atoms with Gasteiger partial charge in [0.2, 0.25) is 0 Å². The second-order valence-electron chi connectivity index (χ2n) is 5.50. The lowest BCUT2D eigenvalue weighted by molar-refractivity contribution is -0.148. The van der Waals surface area contributed by atoms with Crippen LogP contribution in [0, 0.1) is 11.6 Å². The van der Waals surface area contributed by atoms with Gasteiger partial charge in [0.25, 0.3) is 5.91 Å². The molecule has 7 heteroatoms. The standard InChI is InChI=1S/C20H19F2NO4/c1-3-26-18-7-5-4-6-14(18)8-11-19(24)27-13(2)20(25)23-17-12-15(21)9-10-16(17)22/h4-13H,3H2,1-2H3,(H,23,25)/b11-8+/t13-/m0/s1. The summed E-state index contributed by atoms with van der Waals surface area (Å²) in [5, 5.41) is 2.18. The van der Waals surface area contributed by atoms with Crippen LogP contribution in [0.4, 0.5) is 14.5 Å². The van der Waals surface area contributed by atoms with E-state index in [1.165, 1.54) is 13.0 Å². The molecule has 0 spiro atoms. The molecule has 27 heavy (non-hydrogen) atoms. The third kappa shape index (κ3) is 5.91. The first-order valence-electron chi connectivity index (χ1n) is 8.27. The van der Waals surface area contributed by atoms with Crippen molar-refractivity contribution in [3.05, 3.63) is 65.7 Å². The minimum Gasteiger partial charge on any atom is -0.493 e. The molecule has 1 atom stereocenters. The van der Waals surface area contributed by atoms with Gasteiger partial charge in [-0.2, -0.15) is 0 Å². The van der Waals surface area contributed by atoms with Crippen LogP contribution < -0.4 is 10.1 Å². The van der Waals surface area contributed by atoms with E-state index in [0.717, 1.165) is 24.3 Å². The Kier molecular flexibility index (Phi) is 7.05. The highest BCUT2D eigenvalue weighted by Crippen LogP contribution is 2.19. The van der Waals surface area contributed by atoms with Gasteiger partial charge in [-0.3, -0.25) is 4.79 Å². The number of carbonyl (C=O) groups is 2. The topological polar surface area (TPSA) is 64.6 Å². The summed E-state index contributed by atoms with van der Waals surface area (Å²) < 4.78 is 37.1. The zero-order valence-corrected chi connectivity index (χ0v) is 14.9. The summed E-state index contributed by atoms with van der Waals surface area (Å²) in [5.74, 6) is -2.43. The highest BCUT2D eigenvalue weighted by atomic mass is 19.1. The van der Waals surface area contributed by atoms with E-state index in [1.54, 1.807) is 24.3 Å². The molecule has 0 heterocycles. The van der Waals surface area contributed by atoms with E-state index in [9.17, 15) is 18.4 Å². The summed E-state index contributed by atoms with van der Waals surface area (Å²) in [6.45, 7) is 3.64. The third-order valence-corrected chi connectivity index (χ3v) is 3.47. The number of halogens is 2. The number of amides is 1. The highest BCUT2D eigenvalue weighted by molar-refractivity contribution is 5.96. The molecule has 2 aromatic carbocycles. The number of carbonyl (C=O) groups excluding carboxylic acids is 2. The third-order valence-electron chi connectivity index (χ3n) is 3.47. The molecular weight excluding hydrogens is 356 g/mol. The van der Waals surface area contributed by atoms with Gasteiger partial charge in [0.15, 0.2) is 6.10 Å². The molecule has 0 aliphatic heterocycles. The lowest BCUT2D eigenvalue weighted by Gasteiger charge is -2.13. The Morgan fingerprint density at radius 2 is 1.93 bits per heavy atom. The van der Waals surface area contributed by atoms with Crippen molar-refractivity contribution in [3.63, 3.8) is 0 Å². The van der Waals surface area contributed by atoms with Crippen molar-refractivity contribution >= 4 is 23.6 Å². The Balaban J connectivity index is 1.96. The number of anilines is 1. The number of benzene rings is 2. The van der Waals surface area contributed by atoms with Crippen LogP contribution in [0.2, 0.25) is 0 Å². The maximum absolute atomic E-state index is 13.6. The molecule has 2 rings (SSSR count). The van der Waals surface area contributed by atoms with Crippen LogP contribution in [0.25, 0.3) is 6.08 Å². The van der Waals surface area contributed by atoms with E-state index in [4.69, 9.17) is 9.47 Å². The highest BCUT2D eigenvalue weighted by Gasteiger charge is 2.18. The predicted molar refractivity (Wildman–Crippen MR) is 97.2 cm³/mol. The van der Waals surface area contributed by atoms with Crippen LogP contribution in [0.1, 0.15) is 19.4 Å². The molecule has 0 aliphatic carbocycles. The summed E-state index contributed by atoms with van der Waals surface area (Å²) in [6, 6.07) is 9.78. The summed E-state index contributed by atoms with van der Waals surface area (Å²) in [7, 11) is 0. The lowest BCUT2D eigenvalue weighted by Crippen LogP contribution is -2.29. The number of esters is 1. The fraction of sp³-hybridized carbons (Fsp3) is 0.200. The number of para-hydroxylation sites is 1. The van der Waals surface area contributed by atoms with Crippen molar-refractivity contribution in [2.45, 2.75) is 20.0 Å². The van der Waals surface area contributed by atoms with Crippen molar-refractivity contribution in [1.29, 1.82) is 0 Å². The van der Waals surface area contributed by atoms with Gasteiger partial charge in [0, 0.05) is 17.7 Å². The van der Waals surface area contributed by atoms with Crippen LogP contribution in [0.5, 0.6) is 5.75 Å². The quantitative estimate of drug-likeness (QED) is 0.588. The monoisotopic (exact) mass is 375 g/mol. The van der Waals surface area contributed by atoms with Crippen LogP contribution in [0.3, 0.4) is 0 Å². The Labute approximate surface area is 155 Å². The minimum absolute atomic E-state index is 0.330. The van der Waals surface area contributed by atoms with Gasteiger partial charge in [0.1, 0.15) is 17.4 Å². The Bertz CT molecular complexity index is 852. The predicted octanol–water partition coefficient (Wildman–Crippen LogP) is 3.95. The fourth-order valence-corrected chi connectivity index (χ4v) is 2.16. The van der Waals surface area contributed by atoms with Gasteiger partial charge >= 0.3 is 5.97 Å².